The van der Waals surface area contributed by atoms with Gasteiger partial charge in [0.1, 0.15) is 17.4 Å². The summed E-state index contributed by atoms with van der Waals surface area (Å²) in [5, 5.41) is 0. The highest BCUT2D eigenvalue weighted by Crippen LogP contribution is 2.32. The number of imidazole rings is 1. The van der Waals surface area contributed by atoms with E-state index in [1.54, 1.807) is 7.05 Å². The minimum atomic E-state index is -0.467. The molecule has 0 spiro atoms. The fourth-order valence-corrected chi connectivity index (χ4v) is 2.30. The molecule has 18 heavy (non-hydrogen) atoms. The Kier molecular flexibility index (Phi) is 2.37. The number of nitrogens with zero attached hydrogens (tertiary/aromatic N) is 2. The van der Waals surface area contributed by atoms with Crippen LogP contribution in [0.5, 0.6) is 0 Å². The van der Waals surface area contributed by atoms with E-state index >= 15 is 0 Å². The van der Waals surface area contributed by atoms with Crippen LogP contribution in [0.1, 0.15) is 25.3 Å². The smallest absolute Gasteiger partial charge is 0.329 e. The molecule has 0 bridgehead atoms. The van der Waals surface area contributed by atoms with Crippen molar-refractivity contribution >= 4 is 11.2 Å². The van der Waals surface area contributed by atoms with Crippen molar-refractivity contribution in [2.45, 2.75) is 19.4 Å². The molecule has 0 saturated carbocycles. The first kappa shape index (κ1) is 11.2. The summed E-state index contributed by atoms with van der Waals surface area (Å²) in [4.78, 5) is 32.7. The number of hydrogen-bond donors (Lipinski definition) is 2. The van der Waals surface area contributed by atoms with Gasteiger partial charge in [0.25, 0.3) is 5.56 Å². The third-order valence-corrected chi connectivity index (χ3v) is 3.43. The Labute approximate surface area is 102 Å². The zero-order valence-electron chi connectivity index (χ0n) is 10.2. The van der Waals surface area contributed by atoms with Gasteiger partial charge in [0, 0.05) is 13.7 Å². The zero-order chi connectivity index (χ0) is 12.9. The quantitative estimate of drug-likeness (QED) is 0.747. The second-order valence-corrected chi connectivity index (χ2v) is 4.70. The summed E-state index contributed by atoms with van der Waals surface area (Å²) >= 11 is 0. The Bertz CT molecular complexity index is 711. The van der Waals surface area contributed by atoms with Crippen LogP contribution in [-0.4, -0.2) is 26.1 Å². The van der Waals surface area contributed by atoms with Crippen LogP contribution in [0.25, 0.3) is 11.2 Å². The molecule has 1 saturated heterocycles. The van der Waals surface area contributed by atoms with Gasteiger partial charge < -0.3 is 9.72 Å². The number of aromatic amines is 2. The first-order valence-electron chi connectivity index (χ1n) is 5.88. The molecule has 0 aromatic carbocycles. The Hall–Kier alpha value is -1.89. The van der Waals surface area contributed by atoms with Gasteiger partial charge in [-0.15, -0.1) is 0 Å². The predicted molar refractivity (Wildman–Crippen MR) is 64.4 cm³/mol. The van der Waals surface area contributed by atoms with Crippen LogP contribution in [-0.2, 0) is 11.8 Å². The molecular formula is C11H14N4O3. The number of nitrogens with one attached hydrogen (secondary N) is 2. The Morgan fingerprint density at radius 1 is 1.39 bits per heavy atom. The molecule has 0 amide bonds. The molecule has 3 rings (SSSR count). The van der Waals surface area contributed by atoms with E-state index in [4.69, 9.17) is 4.74 Å². The van der Waals surface area contributed by atoms with E-state index in [1.807, 2.05) is 0 Å². The van der Waals surface area contributed by atoms with Crippen LogP contribution in [0.15, 0.2) is 9.59 Å². The molecule has 96 valence electrons. The molecule has 7 heteroatoms. The molecule has 2 atom stereocenters. The zero-order valence-corrected chi connectivity index (χ0v) is 10.2. The number of fused-ring (bicyclic) bond motifs is 1. The SMILES string of the molecule is CC1CCOC1c1nc2c([nH]1)c(=O)[nH]c(=O)n2C. The van der Waals surface area contributed by atoms with Crippen LogP contribution in [0, 0.1) is 5.92 Å². The van der Waals surface area contributed by atoms with Gasteiger partial charge in [-0.05, 0) is 12.3 Å². The molecule has 2 N–H and O–H groups in total. The van der Waals surface area contributed by atoms with E-state index in [1.165, 1.54) is 4.57 Å². The molecular weight excluding hydrogens is 236 g/mol. The summed E-state index contributed by atoms with van der Waals surface area (Å²) in [6.07, 6.45) is 0.837. The molecule has 3 heterocycles. The average Bonchev–Trinajstić information content (AvgIpc) is 2.92. The lowest BCUT2D eigenvalue weighted by molar-refractivity contribution is 0.0882. The van der Waals surface area contributed by atoms with Gasteiger partial charge in [0.05, 0.1) is 0 Å². The van der Waals surface area contributed by atoms with Crippen LogP contribution in [0.4, 0.5) is 0 Å². The number of rotatable bonds is 1. The fraction of sp³-hybridized carbons (Fsp3) is 0.545. The van der Waals surface area contributed by atoms with Crippen molar-refractivity contribution in [1.82, 2.24) is 19.5 Å². The average molecular weight is 250 g/mol. The molecule has 2 unspecified atom stereocenters. The molecule has 0 aliphatic carbocycles. The third kappa shape index (κ3) is 1.51. The topological polar surface area (TPSA) is 92.8 Å². The minimum Gasteiger partial charge on any atom is -0.370 e. The predicted octanol–water partition coefficient (Wildman–Crippen LogP) is 0.0474. The first-order chi connectivity index (χ1) is 8.58. The van der Waals surface area contributed by atoms with Gasteiger partial charge >= 0.3 is 5.69 Å². The highest BCUT2D eigenvalue weighted by Gasteiger charge is 2.29. The summed E-state index contributed by atoms with van der Waals surface area (Å²) in [5.41, 5.74) is -0.236. The van der Waals surface area contributed by atoms with Gasteiger partial charge in [-0.2, -0.15) is 0 Å². The maximum Gasteiger partial charge on any atom is 0.329 e. The van der Waals surface area contributed by atoms with E-state index in [0.717, 1.165) is 6.42 Å². The summed E-state index contributed by atoms with van der Waals surface area (Å²) < 4.78 is 6.91. The van der Waals surface area contributed by atoms with Gasteiger partial charge in [0.15, 0.2) is 5.65 Å². The second-order valence-electron chi connectivity index (χ2n) is 4.70. The van der Waals surface area contributed by atoms with Gasteiger partial charge in [-0.25, -0.2) is 9.78 Å². The highest BCUT2D eigenvalue weighted by molar-refractivity contribution is 5.69. The number of hydrogen-bond acceptors (Lipinski definition) is 4. The molecule has 1 aliphatic rings. The van der Waals surface area contributed by atoms with Crippen LogP contribution < -0.4 is 11.2 Å². The van der Waals surface area contributed by atoms with E-state index in [9.17, 15) is 9.59 Å². The molecule has 1 fully saturated rings. The van der Waals surface area contributed by atoms with Crippen LogP contribution in [0.3, 0.4) is 0 Å². The normalized spacial score (nSPS) is 23.9. The van der Waals surface area contributed by atoms with E-state index in [0.29, 0.717) is 29.5 Å². The number of aryl methyl sites for hydroxylation is 1. The lowest BCUT2D eigenvalue weighted by Crippen LogP contribution is -2.28. The summed E-state index contributed by atoms with van der Waals surface area (Å²) in [6.45, 7) is 2.77. The van der Waals surface area contributed by atoms with Gasteiger partial charge in [-0.1, -0.05) is 6.92 Å². The summed E-state index contributed by atoms with van der Waals surface area (Å²) in [7, 11) is 1.57. The van der Waals surface area contributed by atoms with Crippen molar-refractivity contribution in [3.8, 4) is 0 Å². The van der Waals surface area contributed by atoms with E-state index < -0.39 is 11.2 Å². The summed E-state index contributed by atoms with van der Waals surface area (Å²) in [6, 6.07) is 0. The lowest BCUT2D eigenvalue weighted by Gasteiger charge is -2.10. The minimum absolute atomic E-state index is 0.132. The lowest BCUT2D eigenvalue weighted by atomic mass is 10.0. The van der Waals surface area contributed by atoms with Crippen LogP contribution >= 0.6 is 0 Å². The Morgan fingerprint density at radius 3 is 2.83 bits per heavy atom. The summed E-state index contributed by atoms with van der Waals surface area (Å²) in [5.74, 6) is 0.961. The molecule has 0 radical (unpaired) electrons. The standard InChI is InChI=1S/C11H14N4O3/c1-5-3-4-18-7(5)8-12-6-9(13-8)15(2)11(17)14-10(6)16/h5,7H,3-4H2,1-2H3,(H,12,13)(H,14,16,17). The van der Waals surface area contributed by atoms with Crippen molar-refractivity contribution in [3.63, 3.8) is 0 Å². The molecule has 2 aromatic rings. The van der Waals surface area contributed by atoms with Crippen molar-refractivity contribution in [2.75, 3.05) is 6.61 Å². The van der Waals surface area contributed by atoms with Crippen molar-refractivity contribution in [1.29, 1.82) is 0 Å². The molecule has 2 aromatic heterocycles. The van der Waals surface area contributed by atoms with E-state index in [-0.39, 0.29) is 6.10 Å². The number of ether oxygens (including phenoxy) is 1. The van der Waals surface area contributed by atoms with Gasteiger partial charge in [-0.3, -0.25) is 14.3 Å². The van der Waals surface area contributed by atoms with Crippen LogP contribution in [0.2, 0.25) is 0 Å². The highest BCUT2D eigenvalue weighted by atomic mass is 16.5. The van der Waals surface area contributed by atoms with Crippen molar-refractivity contribution in [3.05, 3.63) is 26.7 Å². The van der Waals surface area contributed by atoms with Gasteiger partial charge in [0.2, 0.25) is 0 Å². The third-order valence-electron chi connectivity index (χ3n) is 3.43. The Balaban J connectivity index is 2.22. The largest absolute Gasteiger partial charge is 0.370 e. The Morgan fingerprint density at radius 2 is 2.17 bits per heavy atom. The first-order valence-corrected chi connectivity index (χ1v) is 5.88. The molecule has 7 nitrogen and oxygen atoms in total. The maximum absolute atomic E-state index is 11.7. The maximum atomic E-state index is 11.7. The van der Waals surface area contributed by atoms with Crippen molar-refractivity contribution < 1.29 is 4.74 Å². The number of aromatic nitrogens is 4. The van der Waals surface area contributed by atoms with Crippen molar-refractivity contribution in [2.24, 2.45) is 13.0 Å². The molecule has 1 aliphatic heterocycles. The van der Waals surface area contributed by atoms with E-state index in [2.05, 4.69) is 21.9 Å². The fourth-order valence-electron chi connectivity index (χ4n) is 2.30. The second kappa shape index (κ2) is 3.81. The monoisotopic (exact) mass is 250 g/mol. The number of H-pyrrole nitrogens is 2.